The van der Waals surface area contributed by atoms with E-state index in [9.17, 15) is 10.2 Å². The van der Waals surface area contributed by atoms with E-state index in [1.165, 1.54) is 12.1 Å². The van der Waals surface area contributed by atoms with Crippen LogP contribution in [0.25, 0.3) is 0 Å². The summed E-state index contributed by atoms with van der Waals surface area (Å²) in [6.07, 6.45) is 1.85. The molecule has 2 rings (SSSR count). The third-order valence-corrected chi connectivity index (χ3v) is 3.72. The van der Waals surface area contributed by atoms with Gasteiger partial charge in [-0.1, -0.05) is 0 Å². The minimum absolute atomic E-state index is 0.0864. The van der Waals surface area contributed by atoms with E-state index in [4.69, 9.17) is 0 Å². The van der Waals surface area contributed by atoms with Crippen LogP contribution in [0.5, 0.6) is 11.5 Å². The minimum Gasteiger partial charge on any atom is -0.508 e. The minimum atomic E-state index is -0.0864. The molecule has 0 fully saturated rings. The molecule has 2 aromatic rings. The number of benzene rings is 1. The number of aromatic hydroxyl groups is 2. The maximum absolute atomic E-state index is 9.88. The van der Waals surface area contributed by atoms with Gasteiger partial charge >= 0.3 is 0 Å². The lowest BCUT2D eigenvalue weighted by Gasteiger charge is -2.21. The van der Waals surface area contributed by atoms with E-state index in [-0.39, 0.29) is 23.6 Å². The predicted molar refractivity (Wildman–Crippen MR) is 77.7 cm³/mol. The van der Waals surface area contributed by atoms with E-state index in [1.54, 1.807) is 6.07 Å². The molecule has 0 bridgehead atoms. The number of hydrogen-bond donors (Lipinski definition) is 3. The van der Waals surface area contributed by atoms with Crippen LogP contribution in [0, 0.1) is 6.92 Å². The molecular formula is C15H21N3O2. The van der Waals surface area contributed by atoms with E-state index in [0.717, 1.165) is 11.3 Å². The van der Waals surface area contributed by atoms with E-state index >= 15 is 0 Å². The Balaban J connectivity index is 2.17. The van der Waals surface area contributed by atoms with Gasteiger partial charge in [-0.2, -0.15) is 5.10 Å². The molecule has 1 aromatic carbocycles. The van der Waals surface area contributed by atoms with Crippen LogP contribution >= 0.6 is 0 Å². The van der Waals surface area contributed by atoms with Crippen LogP contribution in [0.4, 0.5) is 0 Å². The highest BCUT2D eigenvalue weighted by molar-refractivity contribution is 5.40. The lowest BCUT2D eigenvalue weighted by atomic mass is 10.0. The Morgan fingerprint density at radius 2 is 1.80 bits per heavy atom. The van der Waals surface area contributed by atoms with E-state index in [2.05, 4.69) is 17.3 Å². The monoisotopic (exact) mass is 275 g/mol. The van der Waals surface area contributed by atoms with E-state index in [1.807, 2.05) is 31.8 Å². The summed E-state index contributed by atoms with van der Waals surface area (Å²) in [4.78, 5) is 0. The highest BCUT2D eigenvalue weighted by Gasteiger charge is 2.17. The first-order valence-electron chi connectivity index (χ1n) is 6.66. The molecule has 5 heteroatoms. The molecule has 0 radical (unpaired) electrons. The van der Waals surface area contributed by atoms with Crippen molar-refractivity contribution in [1.29, 1.82) is 0 Å². The number of aryl methyl sites for hydroxylation is 1. The predicted octanol–water partition coefficient (Wildman–Crippen LogP) is 2.55. The largest absolute Gasteiger partial charge is 0.508 e. The lowest BCUT2D eigenvalue weighted by molar-refractivity contribution is 0.429. The molecule has 108 valence electrons. The maximum atomic E-state index is 9.88. The first kappa shape index (κ1) is 14.4. The molecule has 20 heavy (non-hydrogen) atoms. The van der Waals surface area contributed by atoms with Crippen LogP contribution in [0.15, 0.2) is 24.4 Å². The van der Waals surface area contributed by atoms with Crippen LogP contribution in [0.1, 0.15) is 42.8 Å². The second-order valence-electron chi connectivity index (χ2n) is 5.16. The summed E-state index contributed by atoms with van der Waals surface area (Å²) in [5, 5.41) is 27.1. The third kappa shape index (κ3) is 2.77. The van der Waals surface area contributed by atoms with Crippen molar-refractivity contribution in [3.63, 3.8) is 0 Å². The van der Waals surface area contributed by atoms with Crippen LogP contribution in [-0.4, -0.2) is 20.0 Å². The Morgan fingerprint density at radius 1 is 1.15 bits per heavy atom. The van der Waals surface area contributed by atoms with Crippen LogP contribution in [0.3, 0.4) is 0 Å². The Labute approximate surface area is 118 Å². The molecule has 3 N–H and O–H groups in total. The quantitative estimate of drug-likeness (QED) is 0.750. The fraction of sp³-hybridized carbons (Fsp3) is 0.400. The first-order chi connectivity index (χ1) is 9.40. The molecule has 1 heterocycles. The van der Waals surface area contributed by atoms with Gasteiger partial charge in [0, 0.05) is 36.0 Å². The Kier molecular flexibility index (Phi) is 3.99. The second kappa shape index (κ2) is 5.54. The summed E-state index contributed by atoms with van der Waals surface area (Å²) in [6, 6.07) is 4.57. The molecule has 1 aromatic heterocycles. The zero-order valence-corrected chi connectivity index (χ0v) is 12.3. The number of nitrogens with one attached hydrogen (secondary N) is 1. The van der Waals surface area contributed by atoms with Crippen LogP contribution in [0.2, 0.25) is 0 Å². The topological polar surface area (TPSA) is 70.3 Å². The summed E-state index contributed by atoms with van der Waals surface area (Å²) in [7, 11) is 1.91. The van der Waals surface area contributed by atoms with Gasteiger partial charge in [0.05, 0.1) is 6.20 Å². The van der Waals surface area contributed by atoms with Crippen molar-refractivity contribution in [2.45, 2.75) is 32.9 Å². The lowest BCUT2D eigenvalue weighted by Crippen LogP contribution is -2.23. The standard InChI is InChI=1S/C15H21N3O2/c1-9(13-7-12(19)5-6-15(13)20)17-10(2)14-8-16-18(4)11(14)3/h5-10,17,19-20H,1-4H3. The number of phenolic OH excluding ortho intramolecular Hbond substituents is 2. The SMILES string of the molecule is Cc1c(C(C)NC(C)c2cc(O)ccc2O)cnn1C. The van der Waals surface area contributed by atoms with Gasteiger partial charge in [0.1, 0.15) is 11.5 Å². The number of aromatic nitrogens is 2. The fourth-order valence-corrected chi connectivity index (χ4v) is 2.38. The van der Waals surface area contributed by atoms with E-state index in [0.29, 0.717) is 5.56 Å². The van der Waals surface area contributed by atoms with Gasteiger partial charge in [-0.15, -0.1) is 0 Å². The van der Waals surface area contributed by atoms with Crippen molar-refractivity contribution in [2.75, 3.05) is 0 Å². The Hall–Kier alpha value is -2.01. The van der Waals surface area contributed by atoms with Crippen molar-refractivity contribution in [2.24, 2.45) is 7.05 Å². The number of rotatable bonds is 4. The van der Waals surface area contributed by atoms with Crippen LogP contribution < -0.4 is 5.32 Å². The van der Waals surface area contributed by atoms with Crippen molar-refractivity contribution in [3.05, 3.63) is 41.2 Å². The Bertz CT molecular complexity index is 607. The average Bonchev–Trinajstić information content (AvgIpc) is 2.73. The summed E-state index contributed by atoms with van der Waals surface area (Å²) < 4.78 is 1.84. The van der Waals surface area contributed by atoms with Gasteiger partial charge in [-0.05, 0) is 39.0 Å². The van der Waals surface area contributed by atoms with Gasteiger partial charge in [0.15, 0.2) is 0 Å². The molecule has 0 saturated heterocycles. The first-order valence-corrected chi connectivity index (χ1v) is 6.66. The van der Waals surface area contributed by atoms with Gasteiger partial charge in [0.2, 0.25) is 0 Å². The van der Waals surface area contributed by atoms with Gasteiger partial charge in [-0.3, -0.25) is 4.68 Å². The Morgan fingerprint density at radius 3 is 2.40 bits per heavy atom. The number of phenols is 2. The molecule has 0 aliphatic carbocycles. The summed E-state index contributed by atoms with van der Waals surface area (Å²) in [5.74, 6) is 0.328. The fourth-order valence-electron chi connectivity index (χ4n) is 2.38. The zero-order valence-electron chi connectivity index (χ0n) is 12.3. The second-order valence-corrected chi connectivity index (χ2v) is 5.16. The van der Waals surface area contributed by atoms with Crippen molar-refractivity contribution >= 4 is 0 Å². The highest BCUT2D eigenvalue weighted by atomic mass is 16.3. The molecule has 2 unspecified atom stereocenters. The molecule has 0 amide bonds. The molecule has 0 saturated carbocycles. The normalized spacial score (nSPS) is 14.2. The number of nitrogens with zero attached hydrogens (tertiary/aromatic N) is 2. The average molecular weight is 275 g/mol. The zero-order chi connectivity index (χ0) is 14.9. The van der Waals surface area contributed by atoms with Gasteiger partial charge < -0.3 is 15.5 Å². The maximum Gasteiger partial charge on any atom is 0.120 e. The summed E-state index contributed by atoms with van der Waals surface area (Å²) >= 11 is 0. The van der Waals surface area contributed by atoms with E-state index < -0.39 is 0 Å². The highest BCUT2D eigenvalue weighted by Crippen LogP contribution is 2.29. The summed E-state index contributed by atoms with van der Waals surface area (Å²) in [6.45, 7) is 6.04. The summed E-state index contributed by atoms with van der Waals surface area (Å²) in [5.41, 5.74) is 2.91. The van der Waals surface area contributed by atoms with Crippen molar-refractivity contribution in [1.82, 2.24) is 15.1 Å². The molecule has 5 nitrogen and oxygen atoms in total. The smallest absolute Gasteiger partial charge is 0.120 e. The molecule has 0 spiro atoms. The van der Waals surface area contributed by atoms with Gasteiger partial charge in [-0.25, -0.2) is 0 Å². The molecular weight excluding hydrogens is 254 g/mol. The van der Waals surface area contributed by atoms with Crippen LogP contribution in [-0.2, 0) is 7.05 Å². The van der Waals surface area contributed by atoms with Gasteiger partial charge in [0.25, 0.3) is 0 Å². The van der Waals surface area contributed by atoms with Crippen molar-refractivity contribution < 1.29 is 10.2 Å². The third-order valence-electron chi connectivity index (χ3n) is 3.72. The molecule has 0 aliphatic rings. The number of hydrogen-bond acceptors (Lipinski definition) is 4. The molecule has 2 atom stereocenters. The van der Waals surface area contributed by atoms with Crippen molar-refractivity contribution in [3.8, 4) is 11.5 Å². The molecule has 0 aliphatic heterocycles.